The first-order valence-electron chi connectivity index (χ1n) is 10.9. The SMILES string of the molecule is O=C(/C=C/c1ccsc1)N1CCC2(CC1)CCN(C(=O)c1ccc(-c3ccccn3)s1)C2. The van der Waals surface area contributed by atoms with E-state index in [1.165, 1.54) is 11.3 Å². The first-order valence-corrected chi connectivity index (χ1v) is 12.7. The van der Waals surface area contributed by atoms with Gasteiger partial charge in [0.25, 0.3) is 5.91 Å². The Morgan fingerprint density at radius 3 is 2.53 bits per heavy atom. The summed E-state index contributed by atoms with van der Waals surface area (Å²) >= 11 is 3.14. The number of carbonyl (C=O) groups is 2. The average molecular weight is 464 g/mol. The van der Waals surface area contributed by atoms with Crippen molar-refractivity contribution in [1.29, 1.82) is 0 Å². The lowest BCUT2D eigenvalue weighted by Gasteiger charge is -2.38. The molecule has 5 nitrogen and oxygen atoms in total. The fourth-order valence-corrected chi connectivity index (χ4v) is 6.19. The van der Waals surface area contributed by atoms with Crippen LogP contribution in [-0.4, -0.2) is 52.8 Å². The van der Waals surface area contributed by atoms with Gasteiger partial charge in [-0.15, -0.1) is 11.3 Å². The highest BCUT2D eigenvalue weighted by Gasteiger charge is 2.42. The van der Waals surface area contributed by atoms with Gasteiger partial charge in [0, 0.05) is 38.5 Å². The van der Waals surface area contributed by atoms with Crippen LogP contribution < -0.4 is 0 Å². The van der Waals surface area contributed by atoms with Crippen LogP contribution in [0.25, 0.3) is 16.6 Å². The van der Waals surface area contributed by atoms with Gasteiger partial charge in [0.05, 0.1) is 15.4 Å². The lowest BCUT2D eigenvalue weighted by atomic mass is 9.78. The molecule has 1 spiro atoms. The van der Waals surface area contributed by atoms with E-state index in [1.807, 2.05) is 63.0 Å². The third-order valence-corrected chi connectivity index (χ3v) is 8.35. The smallest absolute Gasteiger partial charge is 0.263 e. The lowest BCUT2D eigenvalue weighted by molar-refractivity contribution is -0.128. The molecule has 0 N–H and O–H groups in total. The predicted octanol–water partition coefficient (Wildman–Crippen LogP) is 5.04. The van der Waals surface area contributed by atoms with E-state index in [0.717, 1.165) is 66.5 Å². The van der Waals surface area contributed by atoms with Crippen molar-refractivity contribution in [3.05, 3.63) is 69.9 Å². The maximum atomic E-state index is 13.1. The first kappa shape index (κ1) is 21.1. The number of carbonyl (C=O) groups excluding carboxylic acids is 2. The molecule has 0 bridgehead atoms. The van der Waals surface area contributed by atoms with Gasteiger partial charge in [-0.2, -0.15) is 11.3 Å². The third-order valence-electron chi connectivity index (χ3n) is 6.56. The summed E-state index contributed by atoms with van der Waals surface area (Å²) in [5.41, 5.74) is 2.12. The van der Waals surface area contributed by atoms with Crippen LogP contribution in [0.3, 0.4) is 0 Å². The number of hydrogen-bond donors (Lipinski definition) is 0. The Bertz CT molecular complexity index is 1110. The fraction of sp³-hybridized carbons (Fsp3) is 0.320. The van der Waals surface area contributed by atoms with Crippen LogP contribution in [0.5, 0.6) is 0 Å². The molecular weight excluding hydrogens is 438 g/mol. The van der Waals surface area contributed by atoms with Crippen molar-refractivity contribution in [2.75, 3.05) is 26.2 Å². The van der Waals surface area contributed by atoms with Crippen molar-refractivity contribution in [2.24, 2.45) is 5.41 Å². The summed E-state index contributed by atoms with van der Waals surface area (Å²) in [5.74, 6) is 0.198. The molecule has 3 aromatic heterocycles. The minimum Gasteiger partial charge on any atom is -0.339 e. The molecule has 0 radical (unpaired) electrons. The van der Waals surface area contributed by atoms with Gasteiger partial charge in [-0.3, -0.25) is 14.6 Å². The van der Waals surface area contributed by atoms with Gasteiger partial charge in [-0.05, 0) is 77.4 Å². The molecule has 2 amide bonds. The highest BCUT2D eigenvalue weighted by atomic mass is 32.1. The van der Waals surface area contributed by atoms with Crippen molar-refractivity contribution in [3.8, 4) is 10.6 Å². The van der Waals surface area contributed by atoms with E-state index in [9.17, 15) is 9.59 Å². The summed E-state index contributed by atoms with van der Waals surface area (Å²) in [4.78, 5) is 35.8. The van der Waals surface area contributed by atoms with Gasteiger partial charge in [0.1, 0.15) is 0 Å². The Morgan fingerprint density at radius 2 is 1.81 bits per heavy atom. The molecule has 2 saturated heterocycles. The Labute approximate surface area is 196 Å². The fourth-order valence-electron chi connectivity index (χ4n) is 4.62. The summed E-state index contributed by atoms with van der Waals surface area (Å²) in [5, 5.41) is 4.05. The van der Waals surface area contributed by atoms with Crippen molar-refractivity contribution in [2.45, 2.75) is 19.3 Å². The van der Waals surface area contributed by atoms with Crippen LogP contribution in [0.15, 0.2) is 59.4 Å². The van der Waals surface area contributed by atoms with Crippen LogP contribution >= 0.6 is 22.7 Å². The molecule has 0 unspecified atom stereocenters. The molecule has 0 aliphatic carbocycles. The lowest BCUT2D eigenvalue weighted by Crippen LogP contribution is -2.44. The molecule has 0 aromatic carbocycles. The molecule has 7 heteroatoms. The molecule has 5 heterocycles. The molecule has 32 heavy (non-hydrogen) atoms. The molecule has 5 rings (SSSR count). The van der Waals surface area contributed by atoms with Gasteiger partial charge in [0.2, 0.25) is 5.91 Å². The molecule has 2 fully saturated rings. The van der Waals surface area contributed by atoms with Crippen molar-refractivity contribution >= 4 is 40.6 Å². The second-order valence-corrected chi connectivity index (χ2v) is 10.4. The molecule has 2 aliphatic heterocycles. The van der Waals surface area contributed by atoms with E-state index in [0.29, 0.717) is 0 Å². The quantitative estimate of drug-likeness (QED) is 0.510. The van der Waals surface area contributed by atoms with E-state index in [-0.39, 0.29) is 17.2 Å². The zero-order chi connectivity index (χ0) is 22.0. The summed E-state index contributed by atoms with van der Waals surface area (Å²) < 4.78 is 0. The maximum Gasteiger partial charge on any atom is 0.263 e. The van der Waals surface area contributed by atoms with E-state index >= 15 is 0 Å². The van der Waals surface area contributed by atoms with Crippen LogP contribution in [0.4, 0.5) is 0 Å². The zero-order valence-electron chi connectivity index (χ0n) is 17.8. The van der Waals surface area contributed by atoms with Crippen molar-refractivity contribution in [1.82, 2.24) is 14.8 Å². The van der Waals surface area contributed by atoms with E-state index in [4.69, 9.17) is 0 Å². The number of pyridine rings is 1. The van der Waals surface area contributed by atoms with Gasteiger partial charge < -0.3 is 9.80 Å². The highest BCUT2D eigenvalue weighted by Crippen LogP contribution is 2.41. The normalized spacial score (nSPS) is 18.0. The number of hydrogen-bond acceptors (Lipinski definition) is 5. The third kappa shape index (κ3) is 4.40. The summed E-state index contributed by atoms with van der Waals surface area (Å²) in [6, 6.07) is 11.7. The van der Waals surface area contributed by atoms with Gasteiger partial charge in [-0.25, -0.2) is 0 Å². The predicted molar refractivity (Wildman–Crippen MR) is 130 cm³/mol. The topological polar surface area (TPSA) is 53.5 Å². The number of rotatable bonds is 4. The van der Waals surface area contributed by atoms with Gasteiger partial charge in [0.15, 0.2) is 0 Å². The van der Waals surface area contributed by atoms with E-state index in [1.54, 1.807) is 23.6 Å². The van der Waals surface area contributed by atoms with Crippen LogP contribution in [0.2, 0.25) is 0 Å². The van der Waals surface area contributed by atoms with Crippen molar-refractivity contribution < 1.29 is 9.59 Å². The number of likely N-dealkylation sites (tertiary alicyclic amines) is 2. The molecule has 164 valence electrons. The molecular formula is C25H25N3O2S2. The summed E-state index contributed by atoms with van der Waals surface area (Å²) in [6.45, 7) is 3.10. The molecule has 2 aliphatic rings. The van der Waals surface area contributed by atoms with Gasteiger partial charge >= 0.3 is 0 Å². The summed E-state index contributed by atoms with van der Waals surface area (Å²) in [6.07, 6.45) is 8.27. The number of thiophene rings is 2. The second-order valence-electron chi connectivity index (χ2n) is 8.57. The first-order chi connectivity index (χ1) is 15.6. The Kier molecular flexibility index (Phi) is 5.93. The molecule has 0 saturated carbocycles. The van der Waals surface area contributed by atoms with Crippen LogP contribution in [-0.2, 0) is 4.79 Å². The maximum absolute atomic E-state index is 13.1. The standard InChI is InChI=1S/C25H25N3O2S2/c29-23(7-4-19-8-16-31-17-19)27-13-9-25(10-14-27)11-15-28(18-25)24(30)22-6-5-21(32-22)20-3-1-2-12-26-20/h1-8,12,16-17H,9-11,13-15,18H2/b7-4+. The molecule has 3 aromatic rings. The number of nitrogens with zero attached hydrogens (tertiary/aromatic N) is 3. The van der Waals surface area contributed by atoms with Crippen LogP contribution in [0.1, 0.15) is 34.5 Å². The van der Waals surface area contributed by atoms with E-state index in [2.05, 4.69) is 4.98 Å². The molecule has 0 atom stereocenters. The minimum atomic E-state index is 0.0811. The summed E-state index contributed by atoms with van der Waals surface area (Å²) in [7, 11) is 0. The largest absolute Gasteiger partial charge is 0.339 e. The minimum absolute atomic E-state index is 0.0811. The second kappa shape index (κ2) is 9.00. The monoisotopic (exact) mass is 463 g/mol. The van der Waals surface area contributed by atoms with Crippen molar-refractivity contribution in [3.63, 3.8) is 0 Å². The van der Waals surface area contributed by atoms with Gasteiger partial charge in [-0.1, -0.05) is 6.07 Å². The van der Waals surface area contributed by atoms with E-state index < -0.39 is 0 Å². The number of amides is 2. The number of aromatic nitrogens is 1. The average Bonchev–Trinajstić information content (AvgIpc) is 3.60. The Balaban J connectivity index is 1.17. The zero-order valence-corrected chi connectivity index (χ0v) is 19.4. The number of piperidine rings is 1. The Morgan fingerprint density at radius 1 is 1.00 bits per heavy atom. The Hall–Kier alpha value is -2.77. The van der Waals surface area contributed by atoms with Crippen LogP contribution in [0, 0.1) is 5.41 Å². The highest BCUT2D eigenvalue weighted by molar-refractivity contribution is 7.17.